The molecular formula is C35H49BN4O6. The largest absolute Gasteiger partial charge is 0.494 e. The number of hydrogen-bond donors (Lipinski definition) is 0. The van der Waals surface area contributed by atoms with Crippen molar-refractivity contribution in [3.8, 4) is 11.3 Å². The topological polar surface area (TPSA) is 96.7 Å². The summed E-state index contributed by atoms with van der Waals surface area (Å²) >= 11 is 0. The lowest BCUT2D eigenvalue weighted by Gasteiger charge is -2.41. The molecule has 10 nitrogen and oxygen atoms in total. The van der Waals surface area contributed by atoms with Crippen molar-refractivity contribution < 1.29 is 28.3 Å². The Labute approximate surface area is 273 Å². The fourth-order valence-electron chi connectivity index (χ4n) is 5.97. The van der Waals surface area contributed by atoms with Crippen LogP contribution in [0.5, 0.6) is 0 Å². The molecule has 46 heavy (non-hydrogen) atoms. The maximum atomic E-state index is 13.3. The van der Waals surface area contributed by atoms with Crippen molar-refractivity contribution >= 4 is 30.0 Å². The molecule has 0 saturated carbocycles. The van der Waals surface area contributed by atoms with E-state index in [4.69, 9.17) is 33.6 Å². The Morgan fingerprint density at radius 2 is 1.76 bits per heavy atom. The van der Waals surface area contributed by atoms with Gasteiger partial charge in [0.25, 0.3) is 0 Å². The van der Waals surface area contributed by atoms with Crippen LogP contribution in [0.3, 0.4) is 0 Å². The molecule has 0 radical (unpaired) electrons. The quantitative estimate of drug-likeness (QED) is 0.170. The zero-order valence-corrected chi connectivity index (χ0v) is 29.1. The van der Waals surface area contributed by atoms with E-state index in [9.17, 15) is 4.79 Å². The number of rotatable bonds is 9. The van der Waals surface area contributed by atoms with Crippen molar-refractivity contribution in [2.24, 2.45) is 0 Å². The van der Waals surface area contributed by atoms with E-state index in [1.165, 1.54) is 7.11 Å². The number of anilines is 1. The number of piperidine rings is 1. The van der Waals surface area contributed by atoms with Crippen LogP contribution in [-0.4, -0.2) is 76.9 Å². The van der Waals surface area contributed by atoms with E-state index < -0.39 is 36.0 Å². The first kappa shape index (κ1) is 34.1. The molecule has 1 atom stereocenters. The monoisotopic (exact) mass is 632 g/mol. The second-order valence-corrected chi connectivity index (χ2v) is 14.6. The molecule has 2 aliphatic rings. The number of carbonyl (C=O) groups excluding carboxylic acids is 1. The number of aryl methyl sites for hydroxylation is 1. The van der Waals surface area contributed by atoms with E-state index in [-0.39, 0.29) is 5.60 Å². The third-order valence-corrected chi connectivity index (χ3v) is 9.33. The first-order chi connectivity index (χ1) is 21.5. The van der Waals surface area contributed by atoms with Gasteiger partial charge in [-0.2, -0.15) is 9.61 Å². The number of esters is 1. The van der Waals surface area contributed by atoms with E-state index >= 15 is 0 Å². The third kappa shape index (κ3) is 6.74. The van der Waals surface area contributed by atoms with E-state index in [2.05, 4.69) is 24.5 Å². The van der Waals surface area contributed by atoms with E-state index in [1.807, 2.05) is 84.2 Å². The summed E-state index contributed by atoms with van der Waals surface area (Å²) < 4.78 is 32.3. The highest BCUT2D eigenvalue weighted by Crippen LogP contribution is 2.39. The highest BCUT2D eigenvalue weighted by atomic mass is 16.7. The van der Waals surface area contributed by atoms with E-state index in [1.54, 1.807) is 6.08 Å². The maximum Gasteiger partial charge on any atom is 0.494 e. The number of methoxy groups -OCH3 is 1. The molecular weight excluding hydrogens is 583 g/mol. The first-order valence-electron chi connectivity index (χ1n) is 16.1. The predicted molar refractivity (Wildman–Crippen MR) is 180 cm³/mol. The molecule has 0 amide bonds. The second kappa shape index (κ2) is 12.4. The lowest BCUT2D eigenvalue weighted by molar-refractivity contribution is -0.164. The van der Waals surface area contributed by atoms with Gasteiger partial charge in [-0.3, -0.25) is 0 Å². The normalized spacial score (nSPS) is 19.8. The van der Waals surface area contributed by atoms with Crippen molar-refractivity contribution in [3.05, 3.63) is 54.2 Å². The number of carbonyl (C=O) groups is 1. The highest BCUT2D eigenvalue weighted by molar-refractivity contribution is 6.62. The highest BCUT2D eigenvalue weighted by Gasteiger charge is 2.51. The minimum Gasteiger partial charge on any atom is -0.467 e. The fraction of sp³-hybridized carbons (Fsp3) is 0.571. The summed E-state index contributed by atoms with van der Waals surface area (Å²) in [6, 6.07) is 10.1. The number of fused-ring (bicyclic) bond motifs is 1. The Balaban J connectivity index is 1.62. The zero-order chi connectivity index (χ0) is 33.7. The van der Waals surface area contributed by atoms with Crippen LogP contribution < -0.4 is 10.4 Å². The van der Waals surface area contributed by atoms with Crippen LogP contribution in [0.25, 0.3) is 16.9 Å². The smallest absolute Gasteiger partial charge is 0.467 e. The SMILES string of the molecule is C=CCOC1(C)CCN(c2c(C(OC(C)(C)C)C(=O)OC)c(C)nc3cc(-c4cccc(B5OC(C)(C)C(C)(C)O5)c4)nn23)CC1. The zero-order valence-electron chi connectivity index (χ0n) is 29.1. The molecule has 2 aromatic heterocycles. The van der Waals surface area contributed by atoms with Gasteiger partial charge in [-0.05, 0) is 80.6 Å². The second-order valence-electron chi connectivity index (χ2n) is 14.6. The average molecular weight is 633 g/mol. The number of benzene rings is 1. The van der Waals surface area contributed by atoms with Crippen molar-refractivity contribution in [2.45, 2.75) is 104 Å². The van der Waals surface area contributed by atoms with Gasteiger partial charge in [-0.25, -0.2) is 9.78 Å². The van der Waals surface area contributed by atoms with Gasteiger partial charge in [0.05, 0.1) is 47.4 Å². The Hall–Kier alpha value is -3.25. The van der Waals surface area contributed by atoms with E-state index in [0.29, 0.717) is 36.6 Å². The fourth-order valence-corrected chi connectivity index (χ4v) is 5.97. The Morgan fingerprint density at radius 3 is 2.35 bits per heavy atom. The molecule has 2 fully saturated rings. The summed E-state index contributed by atoms with van der Waals surface area (Å²) in [4.78, 5) is 20.6. The summed E-state index contributed by atoms with van der Waals surface area (Å²) in [5, 5.41) is 5.11. The summed E-state index contributed by atoms with van der Waals surface area (Å²) in [5.74, 6) is 0.278. The number of nitrogens with zero attached hydrogens (tertiary/aromatic N) is 4. The van der Waals surface area contributed by atoms with Crippen molar-refractivity contribution in [1.29, 1.82) is 0 Å². The van der Waals surface area contributed by atoms with E-state index in [0.717, 1.165) is 35.4 Å². The van der Waals surface area contributed by atoms with Gasteiger partial charge in [0.15, 0.2) is 11.8 Å². The van der Waals surface area contributed by atoms with Crippen LogP contribution in [0.15, 0.2) is 43.0 Å². The molecule has 11 heteroatoms. The van der Waals surface area contributed by atoms with Crippen molar-refractivity contribution in [1.82, 2.24) is 14.6 Å². The van der Waals surface area contributed by atoms with Crippen molar-refractivity contribution in [3.63, 3.8) is 0 Å². The summed E-state index contributed by atoms with van der Waals surface area (Å²) in [6.45, 7) is 23.7. The lowest BCUT2D eigenvalue weighted by atomic mass is 9.78. The molecule has 0 spiro atoms. The summed E-state index contributed by atoms with van der Waals surface area (Å²) in [6.07, 6.45) is 2.36. The molecule has 2 aliphatic heterocycles. The maximum absolute atomic E-state index is 13.3. The van der Waals surface area contributed by atoms with Gasteiger partial charge >= 0.3 is 13.1 Å². The van der Waals surface area contributed by atoms with Gasteiger partial charge < -0.3 is 28.4 Å². The molecule has 0 aliphatic carbocycles. The molecule has 5 rings (SSSR count). The Morgan fingerprint density at radius 1 is 1.11 bits per heavy atom. The molecule has 248 valence electrons. The first-order valence-corrected chi connectivity index (χ1v) is 16.1. The van der Waals surface area contributed by atoms with Crippen molar-refractivity contribution in [2.75, 3.05) is 31.7 Å². The number of aromatic nitrogens is 3. The van der Waals surface area contributed by atoms with Crippen LogP contribution in [0.4, 0.5) is 5.82 Å². The molecule has 0 N–H and O–H groups in total. The Kier molecular flexibility index (Phi) is 9.20. The van der Waals surface area contributed by atoms with Crippen LogP contribution in [0.1, 0.15) is 85.6 Å². The summed E-state index contributed by atoms with van der Waals surface area (Å²) in [7, 11) is 0.885. The third-order valence-electron chi connectivity index (χ3n) is 9.33. The molecule has 0 bridgehead atoms. The molecule has 1 unspecified atom stereocenters. The van der Waals surface area contributed by atoms with Crippen LogP contribution in [-0.2, 0) is 28.3 Å². The van der Waals surface area contributed by atoms with Crippen LogP contribution in [0.2, 0.25) is 0 Å². The van der Waals surface area contributed by atoms with Gasteiger partial charge in [0, 0.05) is 30.4 Å². The molecule has 3 aromatic rings. The lowest BCUT2D eigenvalue weighted by Crippen LogP contribution is -2.45. The standard InChI is InChI=1S/C35H49BN4O6/c1-12-20-43-35(10)16-18-39(19-17-35)30-28(29(31(41)42-11)44-32(3,4)5)23(2)37-27-22-26(38-40(27)30)24-14-13-15-25(21-24)36-45-33(6,7)34(8,9)46-36/h12-15,21-22,29H,1,16-20H2,2-11H3. The molecule has 4 heterocycles. The number of hydrogen-bond acceptors (Lipinski definition) is 9. The van der Waals surface area contributed by atoms with Gasteiger partial charge in [-0.1, -0.05) is 30.3 Å². The minimum absolute atomic E-state index is 0.279. The minimum atomic E-state index is -0.999. The van der Waals surface area contributed by atoms with Gasteiger partial charge in [0.2, 0.25) is 0 Å². The van der Waals surface area contributed by atoms with Crippen LogP contribution in [0, 0.1) is 6.92 Å². The Bertz CT molecular complexity index is 1590. The predicted octanol–water partition coefficient (Wildman–Crippen LogP) is 5.59. The van der Waals surface area contributed by atoms with Crippen LogP contribution >= 0.6 is 0 Å². The average Bonchev–Trinajstić information content (AvgIpc) is 3.50. The molecule has 1 aromatic carbocycles. The molecule has 2 saturated heterocycles. The number of ether oxygens (including phenoxy) is 3. The summed E-state index contributed by atoms with van der Waals surface area (Å²) in [5.41, 5.74) is 2.75. The van der Waals surface area contributed by atoms with Gasteiger partial charge in [0.1, 0.15) is 5.82 Å². The van der Waals surface area contributed by atoms with Gasteiger partial charge in [-0.15, -0.1) is 6.58 Å².